The normalized spacial score (nSPS) is 23.9. The van der Waals surface area contributed by atoms with Gasteiger partial charge in [0.1, 0.15) is 0 Å². The van der Waals surface area contributed by atoms with Gasteiger partial charge in [-0.05, 0) is 44.7 Å². The number of nitrogens with one attached hydrogen (secondary N) is 1. The molecule has 76 valence electrons. The Kier molecular flexibility index (Phi) is 2.06. The smallest absolute Gasteiger partial charge is 0.0379 e. The number of benzene rings is 1. The summed E-state index contributed by atoms with van der Waals surface area (Å²) in [6.45, 7) is 9.02. The second-order valence-corrected chi connectivity index (χ2v) is 5.20. The average molecular weight is 189 g/mol. The first kappa shape index (κ1) is 9.57. The van der Waals surface area contributed by atoms with E-state index in [2.05, 4.69) is 51.2 Å². The highest BCUT2D eigenvalue weighted by Gasteiger charge is 2.28. The highest BCUT2D eigenvalue weighted by Crippen LogP contribution is 2.38. The van der Waals surface area contributed by atoms with Crippen LogP contribution in [-0.2, 0) is 0 Å². The first-order valence-electron chi connectivity index (χ1n) is 5.37. The molecule has 2 rings (SSSR count). The number of hydrogen-bond donors (Lipinski definition) is 1. The molecule has 0 fully saturated rings. The van der Waals surface area contributed by atoms with Gasteiger partial charge >= 0.3 is 0 Å². The Balaban J connectivity index is 2.45. The van der Waals surface area contributed by atoms with Crippen LogP contribution in [0.25, 0.3) is 0 Å². The van der Waals surface area contributed by atoms with Gasteiger partial charge in [-0.2, -0.15) is 0 Å². The Morgan fingerprint density at radius 3 is 2.79 bits per heavy atom. The Morgan fingerprint density at radius 2 is 2.07 bits per heavy atom. The van der Waals surface area contributed by atoms with E-state index in [-0.39, 0.29) is 5.54 Å². The Morgan fingerprint density at radius 1 is 1.36 bits per heavy atom. The molecule has 1 heteroatoms. The van der Waals surface area contributed by atoms with Crippen LogP contribution in [0.2, 0.25) is 0 Å². The van der Waals surface area contributed by atoms with Crippen LogP contribution in [0, 0.1) is 6.92 Å². The van der Waals surface area contributed by atoms with Crippen molar-refractivity contribution in [2.45, 2.75) is 45.6 Å². The van der Waals surface area contributed by atoms with E-state index >= 15 is 0 Å². The monoisotopic (exact) mass is 189 g/mol. The number of anilines is 1. The highest BCUT2D eigenvalue weighted by molar-refractivity contribution is 5.57. The maximum atomic E-state index is 3.59. The lowest BCUT2D eigenvalue weighted by molar-refractivity contribution is 0.454. The van der Waals surface area contributed by atoms with Crippen LogP contribution in [-0.4, -0.2) is 5.54 Å². The fraction of sp³-hybridized carbons (Fsp3) is 0.538. The van der Waals surface area contributed by atoms with Crippen molar-refractivity contribution in [2.75, 3.05) is 5.32 Å². The molecule has 1 nitrogen and oxygen atoms in total. The summed E-state index contributed by atoms with van der Waals surface area (Å²) < 4.78 is 0. The zero-order chi connectivity index (χ0) is 10.3. The standard InChI is InChI=1S/C13H19N/c1-9-5-6-12-11(7-9)10(2)8-13(3,4)14-12/h5-7,10,14H,8H2,1-4H3. The van der Waals surface area contributed by atoms with E-state index in [1.807, 2.05) is 0 Å². The van der Waals surface area contributed by atoms with Crippen LogP contribution in [0.4, 0.5) is 5.69 Å². The molecule has 1 atom stereocenters. The van der Waals surface area contributed by atoms with Crippen molar-refractivity contribution in [2.24, 2.45) is 0 Å². The lowest BCUT2D eigenvalue weighted by atomic mass is 9.81. The Bertz CT molecular complexity index is 352. The molecule has 0 saturated heterocycles. The lowest BCUT2D eigenvalue weighted by Gasteiger charge is -2.37. The number of aryl methyl sites for hydroxylation is 1. The van der Waals surface area contributed by atoms with Crippen molar-refractivity contribution in [1.82, 2.24) is 0 Å². The summed E-state index contributed by atoms with van der Waals surface area (Å²) in [7, 11) is 0. The molecule has 1 aliphatic heterocycles. The fourth-order valence-electron chi connectivity index (χ4n) is 2.49. The Hall–Kier alpha value is -0.980. The third-order valence-electron chi connectivity index (χ3n) is 3.03. The number of fused-ring (bicyclic) bond motifs is 1. The van der Waals surface area contributed by atoms with E-state index in [1.54, 1.807) is 0 Å². The molecule has 1 unspecified atom stereocenters. The number of rotatable bonds is 0. The van der Waals surface area contributed by atoms with Gasteiger partial charge in [-0.3, -0.25) is 0 Å². The van der Waals surface area contributed by atoms with E-state index in [9.17, 15) is 0 Å². The maximum Gasteiger partial charge on any atom is 0.0379 e. The van der Waals surface area contributed by atoms with E-state index < -0.39 is 0 Å². The van der Waals surface area contributed by atoms with Crippen LogP contribution in [0.5, 0.6) is 0 Å². The second-order valence-electron chi connectivity index (χ2n) is 5.20. The largest absolute Gasteiger partial charge is 0.380 e. The van der Waals surface area contributed by atoms with Gasteiger partial charge in [-0.25, -0.2) is 0 Å². The predicted molar refractivity (Wildman–Crippen MR) is 61.9 cm³/mol. The summed E-state index contributed by atoms with van der Waals surface area (Å²) in [5, 5.41) is 3.59. The minimum absolute atomic E-state index is 0.238. The molecule has 1 heterocycles. The van der Waals surface area contributed by atoms with Crippen LogP contribution < -0.4 is 5.32 Å². The van der Waals surface area contributed by atoms with Crippen molar-refractivity contribution in [1.29, 1.82) is 0 Å². The third kappa shape index (κ3) is 1.63. The molecule has 0 aliphatic carbocycles. The van der Waals surface area contributed by atoms with Gasteiger partial charge in [0.25, 0.3) is 0 Å². The maximum absolute atomic E-state index is 3.59. The second kappa shape index (κ2) is 3.01. The van der Waals surface area contributed by atoms with E-state index in [0.717, 1.165) is 0 Å². The third-order valence-corrected chi connectivity index (χ3v) is 3.03. The SMILES string of the molecule is Cc1ccc2c(c1)C(C)CC(C)(C)N2. The average Bonchev–Trinajstić information content (AvgIpc) is 2.05. The first-order valence-corrected chi connectivity index (χ1v) is 5.37. The number of hydrogen-bond acceptors (Lipinski definition) is 1. The minimum Gasteiger partial charge on any atom is -0.380 e. The molecule has 1 aliphatic rings. The quantitative estimate of drug-likeness (QED) is 0.656. The van der Waals surface area contributed by atoms with Crippen LogP contribution in [0.15, 0.2) is 18.2 Å². The molecule has 0 spiro atoms. The van der Waals surface area contributed by atoms with Crippen LogP contribution >= 0.6 is 0 Å². The summed E-state index contributed by atoms with van der Waals surface area (Å²) in [6.07, 6.45) is 1.21. The van der Waals surface area contributed by atoms with Crippen molar-refractivity contribution in [3.05, 3.63) is 29.3 Å². The molecule has 0 radical (unpaired) electrons. The van der Waals surface area contributed by atoms with Gasteiger partial charge in [0.15, 0.2) is 0 Å². The van der Waals surface area contributed by atoms with Gasteiger partial charge in [-0.1, -0.05) is 24.6 Å². The van der Waals surface area contributed by atoms with Crippen molar-refractivity contribution in [3.8, 4) is 0 Å². The minimum atomic E-state index is 0.238. The molecular weight excluding hydrogens is 170 g/mol. The van der Waals surface area contributed by atoms with E-state index in [0.29, 0.717) is 5.92 Å². The first-order chi connectivity index (χ1) is 6.48. The zero-order valence-electron chi connectivity index (χ0n) is 9.52. The molecule has 0 amide bonds. The summed E-state index contributed by atoms with van der Waals surface area (Å²) in [4.78, 5) is 0. The summed E-state index contributed by atoms with van der Waals surface area (Å²) in [6, 6.07) is 6.70. The fourth-order valence-corrected chi connectivity index (χ4v) is 2.49. The molecular formula is C13H19N. The van der Waals surface area contributed by atoms with Gasteiger partial charge in [0.05, 0.1) is 0 Å². The van der Waals surface area contributed by atoms with Crippen molar-refractivity contribution < 1.29 is 0 Å². The van der Waals surface area contributed by atoms with Gasteiger partial charge in [-0.15, -0.1) is 0 Å². The Labute approximate surface area is 86.5 Å². The molecule has 0 saturated carbocycles. The molecule has 1 aromatic rings. The highest BCUT2D eigenvalue weighted by atomic mass is 15.0. The summed E-state index contributed by atoms with van der Waals surface area (Å²) in [5.74, 6) is 0.668. The molecule has 0 aromatic heterocycles. The van der Waals surface area contributed by atoms with Crippen molar-refractivity contribution >= 4 is 5.69 Å². The molecule has 1 aromatic carbocycles. The predicted octanol–water partition coefficient (Wildman–Crippen LogP) is 3.69. The van der Waals surface area contributed by atoms with Gasteiger partial charge in [0, 0.05) is 11.2 Å². The van der Waals surface area contributed by atoms with Crippen molar-refractivity contribution in [3.63, 3.8) is 0 Å². The zero-order valence-corrected chi connectivity index (χ0v) is 9.52. The summed E-state index contributed by atoms with van der Waals surface area (Å²) >= 11 is 0. The van der Waals surface area contributed by atoms with Crippen LogP contribution in [0.1, 0.15) is 44.2 Å². The van der Waals surface area contributed by atoms with E-state index in [4.69, 9.17) is 0 Å². The summed E-state index contributed by atoms with van der Waals surface area (Å²) in [5.41, 5.74) is 4.39. The molecule has 1 N–H and O–H groups in total. The van der Waals surface area contributed by atoms with Gasteiger partial charge in [0.2, 0.25) is 0 Å². The topological polar surface area (TPSA) is 12.0 Å². The van der Waals surface area contributed by atoms with Crippen LogP contribution in [0.3, 0.4) is 0 Å². The molecule has 0 bridgehead atoms. The van der Waals surface area contributed by atoms with Gasteiger partial charge < -0.3 is 5.32 Å². The molecule has 14 heavy (non-hydrogen) atoms. The lowest BCUT2D eigenvalue weighted by Crippen LogP contribution is -2.36. The van der Waals surface area contributed by atoms with E-state index in [1.165, 1.54) is 23.2 Å².